The van der Waals surface area contributed by atoms with Crippen molar-refractivity contribution in [2.45, 2.75) is 12.8 Å². The summed E-state index contributed by atoms with van der Waals surface area (Å²) in [7, 11) is 1.60. The second kappa shape index (κ2) is 8.92. The first kappa shape index (κ1) is 19.9. The van der Waals surface area contributed by atoms with Crippen molar-refractivity contribution in [1.82, 2.24) is 20.1 Å². The van der Waals surface area contributed by atoms with Crippen molar-refractivity contribution in [3.63, 3.8) is 0 Å². The Hall–Kier alpha value is -2.81. The third-order valence-corrected chi connectivity index (χ3v) is 4.67. The molecule has 9 heteroatoms. The van der Waals surface area contributed by atoms with Gasteiger partial charge in [-0.2, -0.15) is 0 Å². The van der Waals surface area contributed by atoms with Crippen LogP contribution in [0.2, 0.25) is 0 Å². The van der Waals surface area contributed by atoms with Crippen LogP contribution in [0.3, 0.4) is 0 Å². The molecule has 0 atom stereocenters. The molecule has 150 valence electrons. The van der Waals surface area contributed by atoms with E-state index >= 15 is 0 Å². The Bertz CT molecular complexity index is 847. The Morgan fingerprint density at radius 3 is 2.64 bits per heavy atom. The van der Waals surface area contributed by atoms with E-state index in [1.165, 1.54) is 12.3 Å². The highest BCUT2D eigenvalue weighted by molar-refractivity contribution is 5.78. The van der Waals surface area contributed by atoms with Gasteiger partial charge >= 0.3 is 0 Å². The van der Waals surface area contributed by atoms with Gasteiger partial charge in [-0.05, 0) is 12.1 Å². The van der Waals surface area contributed by atoms with Crippen molar-refractivity contribution in [3.8, 4) is 11.3 Å². The molecule has 0 aliphatic carbocycles. The van der Waals surface area contributed by atoms with Gasteiger partial charge in [0.2, 0.25) is 11.8 Å². The van der Waals surface area contributed by atoms with E-state index in [1.807, 2.05) is 4.90 Å². The van der Waals surface area contributed by atoms with E-state index in [0.29, 0.717) is 45.0 Å². The molecule has 28 heavy (non-hydrogen) atoms. The molecule has 2 aromatic rings. The van der Waals surface area contributed by atoms with E-state index in [9.17, 15) is 18.4 Å². The van der Waals surface area contributed by atoms with Gasteiger partial charge in [0.05, 0.1) is 18.3 Å². The van der Waals surface area contributed by atoms with Gasteiger partial charge < -0.3 is 14.6 Å². The first-order valence-electron chi connectivity index (χ1n) is 9.07. The van der Waals surface area contributed by atoms with E-state index in [4.69, 9.17) is 4.42 Å². The van der Waals surface area contributed by atoms with Crippen LogP contribution < -0.4 is 5.32 Å². The minimum atomic E-state index is -0.728. The normalized spacial score (nSPS) is 14.9. The summed E-state index contributed by atoms with van der Waals surface area (Å²) < 4.78 is 32.3. The monoisotopic (exact) mass is 392 g/mol. The lowest BCUT2D eigenvalue weighted by molar-refractivity contribution is -0.133. The number of carbonyl (C=O) groups is 2. The van der Waals surface area contributed by atoms with Gasteiger partial charge in [0, 0.05) is 52.1 Å². The molecule has 1 aliphatic rings. The predicted octanol–water partition coefficient (Wildman–Crippen LogP) is 1.44. The number of aryl methyl sites for hydroxylation is 1. The lowest BCUT2D eigenvalue weighted by atomic mass is 10.2. The molecule has 2 amide bonds. The summed E-state index contributed by atoms with van der Waals surface area (Å²) in [4.78, 5) is 31.6. The van der Waals surface area contributed by atoms with Crippen LogP contribution in [0.1, 0.15) is 12.3 Å². The molecule has 7 nitrogen and oxygen atoms in total. The summed E-state index contributed by atoms with van der Waals surface area (Å²) >= 11 is 0. The van der Waals surface area contributed by atoms with Crippen molar-refractivity contribution < 1.29 is 22.8 Å². The van der Waals surface area contributed by atoms with Crippen LogP contribution in [-0.4, -0.2) is 66.4 Å². The Kier molecular flexibility index (Phi) is 6.35. The number of nitrogens with zero attached hydrogens (tertiary/aromatic N) is 3. The fraction of sp³-hybridized carbons (Fsp3) is 0.421. The number of likely N-dealkylation sites (N-methyl/N-ethyl adjacent to an activating group) is 1. The molecule has 0 spiro atoms. The molecule has 3 rings (SSSR count). The fourth-order valence-corrected chi connectivity index (χ4v) is 3.05. The number of piperazine rings is 1. The summed E-state index contributed by atoms with van der Waals surface area (Å²) in [6.07, 6.45) is 1.88. The highest BCUT2D eigenvalue weighted by atomic mass is 19.1. The molecule has 0 bridgehead atoms. The molecular formula is C19H22F2N4O3. The zero-order valence-electron chi connectivity index (χ0n) is 15.6. The first-order valence-corrected chi connectivity index (χ1v) is 9.07. The predicted molar refractivity (Wildman–Crippen MR) is 97.3 cm³/mol. The van der Waals surface area contributed by atoms with Crippen LogP contribution in [-0.2, 0) is 16.0 Å². The highest BCUT2D eigenvalue weighted by Crippen LogP contribution is 2.24. The van der Waals surface area contributed by atoms with Gasteiger partial charge in [0.1, 0.15) is 11.6 Å². The maximum Gasteiger partial charge on any atom is 0.233 e. The number of halogens is 2. The summed E-state index contributed by atoms with van der Waals surface area (Å²) in [6, 6.07) is 3.22. The molecule has 0 unspecified atom stereocenters. The van der Waals surface area contributed by atoms with Gasteiger partial charge in [-0.1, -0.05) is 0 Å². The molecule has 1 aliphatic heterocycles. The molecular weight excluding hydrogens is 370 g/mol. The second-order valence-electron chi connectivity index (χ2n) is 6.57. The smallest absolute Gasteiger partial charge is 0.233 e. The van der Waals surface area contributed by atoms with Gasteiger partial charge in [-0.15, -0.1) is 0 Å². The van der Waals surface area contributed by atoms with Crippen molar-refractivity contribution in [2.24, 2.45) is 0 Å². The second-order valence-corrected chi connectivity index (χ2v) is 6.57. The van der Waals surface area contributed by atoms with Crippen molar-refractivity contribution in [2.75, 3.05) is 39.8 Å². The van der Waals surface area contributed by atoms with Gasteiger partial charge in [-0.25, -0.2) is 13.8 Å². The van der Waals surface area contributed by atoms with Crippen LogP contribution in [0.5, 0.6) is 0 Å². The van der Waals surface area contributed by atoms with Crippen molar-refractivity contribution >= 4 is 11.8 Å². The average molecular weight is 392 g/mol. The summed E-state index contributed by atoms with van der Waals surface area (Å²) in [5.74, 6) is -0.937. The number of nitrogens with one attached hydrogen (secondary N) is 1. The minimum Gasteiger partial charge on any atom is -0.441 e. The average Bonchev–Trinajstić information content (AvgIpc) is 3.15. The number of rotatable bonds is 6. The molecule has 1 fully saturated rings. The van der Waals surface area contributed by atoms with Crippen LogP contribution >= 0.6 is 0 Å². The Balaban J connectivity index is 1.49. The summed E-state index contributed by atoms with van der Waals surface area (Å²) in [5, 5.41) is 2.58. The number of carbonyl (C=O) groups excluding carboxylic acids is 2. The largest absolute Gasteiger partial charge is 0.441 e. The molecule has 1 N–H and O–H groups in total. The van der Waals surface area contributed by atoms with E-state index < -0.39 is 11.6 Å². The molecule has 1 saturated heterocycles. The Morgan fingerprint density at radius 2 is 1.96 bits per heavy atom. The zero-order valence-corrected chi connectivity index (χ0v) is 15.6. The molecule has 1 aromatic carbocycles. The van der Waals surface area contributed by atoms with Gasteiger partial charge in [-0.3, -0.25) is 14.5 Å². The maximum absolute atomic E-state index is 13.8. The zero-order chi connectivity index (χ0) is 20.1. The van der Waals surface area contributed by atoms with Crippen molar-refractivity contribution in [3.05, 3.63) is 41.9 Å². The maximum atomic E-state index is 13.8. The van der Waals surface area contributed by atoms with E-state index in [-0.39, 0.29) is 29.6 Å². The van der Waals surface area contributed by atoms with Gasteiger partial charge in [0.25, 0.3) is 0 Å². The summed E-state index contributed by atoms with van der Waals surface area (Å²) in [6.45, 7) is 2.75. The third kappa shape index (κ3) is 4.92. The van der Waals surface area contributed by atoms with Crippen molar-refractivity contribution in [1.29, 1.82) is 0 Å². The summed E-state index contributed by atoms with van der Waals surface area (Å²) in [5.41, 5.74) is 0.124. The van der Waals surface area contributed by atoms with Crippen LogP contribution in [0.25, 0.3) is 11.3 Å². The quantitative estimate of drug-likeness (QED) is 0.805. The molecule has 1 aromatic heterocycles. The Morgan fingerprint density at radius 1 is 1.21 bits per heavy atom. The van der Waals surface area contributed by atoms with Crippen LogP contribution in [0.15, 0.2) is 28.8 Å². The molecule has 0 radical (unpaired) electrons. The number of hydrogen-bond donors (Lipinski definition) is 1. The molecule has 0 saturated carbocycles. The minimum absolute atomic E-state index is 0.0210. The van der Waals surface area contributed by atoms with Gasteiger partial charge in [0.15, 0.2) is 11.7 Å². The Labute approximate surface area is 161 Å². The van der Waals surface area contributed by atoms with E-state index in [2.05, 4.69) is 10.3 Å². The third-order valence-electron chi connectivity index (χ3n) is 4.67. The lowest BCUT2D eigenvalue weighted by Crippen LogP contribution is -2.50. The van der Waals surface area contributed by atoms with Crippen LogP contribution in [0, 0.1) is 11.6 Å². The van der Waals surface area contributed by atoms with E-state index in [0.717, 1.165) is 12.1 Å². The number of benzene rings is 1. The highest BCUT2D eigenvalue weighted by Gasteiger charge is 2.22. The number of oxazole rings is 1. The standard InChI is InChI=1S/C19H22F2N4O3/c1-22-17(26)12-24-6-8-25(9-7-24)19(27)5-4-18-23-11-16(28-18)14-3-2-13(20)10-15(14)21/h2-3,10-11H,4-9,12H2,1H3,(H,22,26). The van der Waals surface area contributed by atoms with E-state index in [1.54, 1.807) is 11.9 Å². The topological polar surface area (TPSA) is 78.7 Å². The first-order chi connectivity index (χ1) is 13.5. The fourth-order valence-electron chi connectivity index (χ4n) is 3.05. The molecule has 2 heterocycles. The lowest BCUT2D eigenvalue weighted by Gasteiger charge is -2.34. The SMILES string of the molecule is CNC(=O)CN1CCN(C(=O)CCc2ncc(-c3ccc(F)cc3F)o2)CC1. The number of hydrogen-bond acceptors (Lipinski definition) is 5. The number of amides is 2. The van der Waals surface area contributed by atoms with Crippen LogP contribution in [0.4, 0.5) is 8.78 Å². The number of aromatic nitrogens is 1.